The van der Waals surface area contributed by atoms with E-state index in [1.54, 1.807) is 35.5 Å². The summed E-state index contributed by atoms with van der Waals surface area (Å²) in [5.41, 5.74) is 12.1. The number of nitrogens with one attached hydrogen (secondary N) is 1. The molecule has 2 atom stereocenters. The second-order valence-electron chi connectivity index (χ2n) is 7.96. The number of carbonyl (C=O) groups is 2. The number of nitrogens with zero attached hydrogens (tertiary/aromatic N) is 2. The predicted octanol–water partition coefficient (Wildman–Crippen LogP) is 3.45. The number of hydrogen-bond donors (Lipinski definition) is 2. The van der Waals surface area contributed by atoms with Crippen LogP contribution in [0.25, 0.3) is 0 Å². The zero-order valence-corrected chi connectivity index (χ0v) is 20.9. The van der Waals surface area contributed by atoms with Gasteiger partial charge in [0, 0.05) is 24.8 Å². The first kappa shape index (κ1) is 23.4. The van der Waals surface area contributed by atoms with Crippen molar-refractivity contribution in [2.24, 2.45) is 5.73 Å². The molecular weight excluding hydrogens is 488 g/mol. The van der Waals surface area contributed by atoms with E-state index in [0.717, 1.165) is 20.9 Å². The first-order valence-corrected chi connectivity index (χ1v) is 13.6. The van der Waals surface area contributed by atoms with Crippen LogP contribution < -0.4 is 11.2 Å². The highest BCUT2D eigenvalue weighted by molar-refractivity contribution is 8.21. The molecule has 0 bridgehead atoms. The van der Waals surface area contributed by atoms with Crippen LogP contribution in [0.2, 0.25) is 0 Å². The summed E-state index contributed by atoms with van der Waals surface area (Å²) >= 11 is 4.81. The van der Waals surface area contributed by atoms with E-state index in [1.165, 1.54) is 4.90 Å². The van der Waals surface area contributed by atoms with Gasteiger partial charge in [-0.1, -0.05) is 60.7 Å². The van der Waals surface area contributed by atoms with Gasteiger partial charge in [0.2, 0.25) is 5.91 Å². The van der Waals surface area contributed by atoms with E-state index >= 15 is 0 Å². The van der Waals surface area contributed by atoms with E-state index in [0.29, 0.717) is 17.2 Å². The fraction of sp³-hybridized carbons (Fsp3) is 0.250. The number of amides is 1. The molecule has 7 nitrogen and oxygen atoms in total. The van der Waals surface area contributed by atoms with Crippen LogP contribution in [0.3, 0.4) is 0 Å². The topological polar surface area (TPSA) is 87.9 Å². The summed E-state index contributed by atoms with van der Waals surface area (Å²) in [4.78, 5) is 27.9. The summed E-state index contributed by atoms with van der Waals surface area (Å²) in [5, 5.41) is -0.233. The Bertz CT molecular complexity index is 1100. The highest BCUT2D eigenvalue weighted by Crippen LogP contribution is 2.43. The molecule has 0 aliphatic carbocycles. The van der Waals surface area contributed by atoms with E-state index in [4.69, 9.17) is 10.5 Å². The molecule has 3 heterocycles. The molecular formula is C24H24N4O3S3. The van der Waals surface area contributed by atoms with Crippen molar-refractivity contribution in [2.75, 3.05) is 18.6 Å². The number of β-lactam (4-membered cyclic amide) rings is 1. The number of nitrogens with two attached hydrogens (primary N) is 1. The summed E-state index contributed by atoms with van der Waals surface area (Å²) < 4.78 is 9.12. The zero-order valence-electron chi connectivity index (χ0n) is 18.4. The molecule has 10 heteroatoms. The minimum absolute atomic E-state index is 0.233. The van der Waals surface area contributed by atoms with Gasteiger partial charge in [0.05, 0.1) is 4.24 Å². The first-order valence-electron chi connectivity index (χ1n) is 10.8. The lowest BCUT2D eigenvalue weighted by Gasteiger charge is -2.48. The van der Waals surface area contributed by atoms with Gasteiger partial charge in [0.15, 0.2) is 6.10 Å². The van der Waals surface area contributed by atoms with Crippen LogP contribution in [0.5, 0.6) is 0 Å². The smallest absolute Gasteiger partial charge is 0.356 e. The molecule has 3 aliphatic heterocycles. The molecule has 34 heavy (non-hydrogen) atoms. The molecule has 3 N–H and O–H groups in total. The van der Waals surface area contributed by atoms with Crippen molar-refractivity contribution < 1.29 is 14.3 Å². The highest BCUT2D eigenvalue weighted by Gasteiger charge is 2.52. The van der Waals surface area contributed by atoms with Crippen molar-refractivity contribution in [3.8, 4) is 0 Å². The molecule has 3 aliphatic rings. The van der Waals surface area contributed by atoms with Crippen molar-refractivity contribution >= 4 is 47.3 Å². The van der Waals surface area contributed by atoms with Crippen LogP contribution in [0.15, 0.2) is 82.4 Å². The Balaban J connectivity index is 1.45. The number of carbonyl (C=O) groups excluding carboxylic acids is 2. The van der Waals surface area contributed by atoms with Gasteiger partial charge in [-0.15, -0.1) is 23.5 Å². The third-order valence-electron chi connectivity index (χ3n) is 5.69. The van der Waals surface area contributed by atoms with Crippen LogP contribution in [0.4, 0.5) is 0 Å². The van der Waals surface area contributed by atoms with E-state index < -0.39 is 18.1 Å². The monoisotopic (exact) mass is 512 g/mol. The summed E-state index contributed by atoms with van der Waals surface area (Å²) in [7, 11) is 1.94. The molecule has 1 fully saturated rings. The fourth-order valence-electron chi connectivity index (χ4n) is 3.98. The molecule has 176 valence electrons. The molecule has 0 radical (unpaired) electrons. The molecule has 1 amide bonds. The van der Waals surface area contributed by atoms with E-state index in [1.807, 2.05) is 78.3 Å². The average molecular weight is 513 g/mol. The van der Waals surface area contributed by atoms with Crippen molar-refractivity contribution in [1.82, 2.24) is 14.7 Å². The first-order chi connectivity index (χ1) is 16.5. The number of ether oxygens (including phenoxy) is 1. The Hall–Kier alpha value is -2.37. The van der Waals surface area contributed by atoms with Gasteiger partial charge in [-0.3, -0.25) is 9.69 Å². The second kappa shape index (κ2) is 10.1. The maximum Gasteiger partial charge on any atom is 0.356 e. The summed E-state index contributed by atoms with van der Waals surface area (Å²) in [5.74, 6) is 0.474. The van der Waals surface area contributed by atoms with Crippen molar-refractivity contribution in [3.05, 3.63) is 93.5 Å². The van der Waals surface area contributed by atoms with Gasteiger partial charge in [-0.25, -0.2) is 4.79 Å². The third kappa shape index (κ3) is 4.60. The second-order valence-corrected chi connectivity index (χ2v) is 11.5. The summed E-state index contributed by atoms with van der Waals surface area (Å²) in [6.45, 7) is 0. The Labute approximate surface area is 211 Å². The fourth-order valence-corrected chi connectivity index (χ4v) is 7.30. The number of fused-ring (bicyclic) bond motifs is 1. The quantitative estimate of drug-likeness (QED) is 0.329. The van der Waals surface area contributed by atoms with Crippen molar-refractivity contribution in [3.63, 3.8) is 0 Å². The number of hydrogen-bond acceptors (Lipinski definition) is 9. The molecule has 2 aromatic carbocycles. The molecule has 5 rings (SSSR count). The van der Waals surface area contributed by atoms with Gasteiger partial charge in [0.25, 0.3) is 0 Å². The Morgan fingerprint density at radius 1 is 1.18 bits per heavy atom. The van der Waals surface area contributed by atoms with Gasteiger partial charge in [-0.2, -0.15) is 4.41 Å². The number of hydrazine groups is 1. The molecule has 0 aromatic heterocycles. The largest absolute Gasteiger partial charge is 0.448 e. The van der Waals surface area contributed by atoms with Gasteiger partial charge < -0.3 is 15.9 Å². The normalized spacial score (nSPS) is 22.3. The molecule has 0 saturated carbocycles. The highest BCUT2D eigenvalue weighted by atomic mass is 32.2. The zero-order chi connectivity index (χ0) is 23.7. The lowest BCUT2D eigenvalue weighted by atomic mass is 10.0. The molecule has 2 aromatic rings. The van der Waals surface area contributed by atoms with E-state index in [9.17, 15) is 9.59 Å². The van der Waals surface area contributed by atoms with Gasteiger partial charge in [-0.05, 0) is 28.6 Å². The van der Waals surface area contributed by atoms with Gasteiger partial charge >= 0.3 is 5.97 Å². The predicted molar refractivity (Wildman–Crippen MR) is 138 cm³/mol. The molecule has 1 saturated heterocycles. The maximum absolute atomic E-state index is 13.7. The van der Waals surface area contributed by atoms with Crippen LogP contribution in [-0.2, 0) is 14.3 Å². The van der Waals surface area contributed by atoms with Crippen molar-refractivity contribution in [2.45, 2.75) is 17.5 Å². The summed E-state index contributed by atoms with van der Waals surface area (Å²) in [6, 6.07) is 18.7. The Morgan fingerprint density at radius 2 is 1.82 bits per heavy atom. The summed E-state index contributed by atoms with van der Waals surface area (Å²) in [6.07, 6.45) is 1.35. The maximum atomic E-state index is 13.7. The van der Waals surface area contributed by atoms with Crippen LogP contribution in [0, 0.1) is 0 Å². The Kier molecular flexibility index (Phi) is 6.94. The number of thioether (sulfide) groups is 2. The Morgan fingerprint density at radius 3 is 2.41 bits per heavy atom. The van der Waals surface area contributed by atoms with Crippen LogP contribution >= 0.6 is 35.5 Å². The third-order valence-corrected chi connectivity index (χ3v) is 9.20. The lowest BCUT2D eigenvalue weighted by Crippen LogP contribution is -2.68. The average Bonchev–Trinajstić information content (AvgIpc) is 3.30. The standard InChI is InChI=1S/C24H24N4O3S3/c1-27-26-12-18(34-27)32-13-17-14-33-23-19(25)22(29)28(23)20(17)24(30)31-21(15-8-4-2-5-9-15)16-10-6-3-7-11-16/h2-12,19,21,23,26H,13-14,25H2,1H3/t19?,23-/m0/s1. The van der Waals surface area contributed by atoms with E-state index in [-0.39, 0.29) is 11.3 Å². The van der Waals surface area contributed by atoms with Crippen molar-refractivity contribution in [1.29, 1.82) is 0 Å². The molecule has 1 unspecified atom stereocenters. The van der Waals surface area contributed by atoms with Crippen LogP contribution in [0.1, 0.15) is 17.2 Å². The minimum atomic E-state index is -0.591. The SMILES string of the molecule is CN1NC=C(SCC2=C(C(=O)OC(c3ccccc3)c3ccccc3)N3C(=O)C(N)[C@@H]3SC2)S1. The number of esters is 1. The number of rotatable bonds is 7. The van der Waals surface area contributed by atoms with Crippen LogP contribution in [-0.4, -0.2) is 51.2 Å². The van der Waals surface area contributed by atoms with E-state index in [2.05, 4.69) is 5.43 Å². The molecule has 0 spiro atoms. The number of benzene rings is 2. The minimum Gasteiger partial charge on any atom is -0.448 e. The lowest BCUT2D eigenvalue weighted by molar-refractivity contribution is -0.153. The van der Waals surface area contributed by atoms with Gasteiger partial charge in [0.1, 0.15) is 17.1 Å².